The van der Waals surface area contributed by atoms with Crippen molar-refractivity contribution in [1.82, 2.24) is 10.1 Å². The van der Waals surface area contributed by atoms with Crippen molar-refractivity contribution in [3.05, 3.63) is 35.2 Å². The number of amides is 1. The Hall–Kier alpha value is -2.62. The van der Waals surface area contributed by atoms with E-state index in [9.17, 15) is 18.0 Å². The molecule has 10 heteroatoms. The lowest BCUT2D eigenvalue weighted by Crippen LogP contribution is -2.16. The van der Waals surface area contributed by atoms with Gasteiger partial charge in [0.1, 0.15) is 11.3 Å². The molecule has 1 aromatic carbocycles. The number of hydrogen-bond donors (Lipinski definition) is 1. The average molecular weight is 385 g/mol. The first-order valence-corrected chi connectivity index (χ1v) is 8.39. The van der Waals surface area contributed by atoms with Crippen LogP contribution in [0.5, 0.6) is 5.75 Å². The summed E-state index contributed by atoms with van der Waals surface area (Å²) in [5.41, 5.74) is 1.24. The van der Waals surface area contributed by atoms with Crippen LogP contribution in [-0.4, -0.2) is 22.4 Å². The molecular weight excluding hydrogens is 371 g/mol. The SMILES string of the molecule is Cc1noc(C(C)C)c1C(=O)Nc1nc2ccc(OC(F)(F)F)cc2s1. The lowest BCUT2D eigenvalue weighted by Gasteiger charge is -2.07. The van der Waals surface area contributed by atoms with Crippen molar-refractivity contribution in [2.75, 3.05) is 5.32 Å². The van der Waals surface area contributed by atoms with Crippen molar-refractivity contribution in [1.29, 1.82) is 0 Å². The van der Waals surface area contributed by atoms with Crippen molar-refractivity contribution in [2.24, 2.45) is 0 Å². The van der Waals surface area contributed by atoms with Crippen molar-refractivity contribution < 1.29 is 27.2 Å². The number of carbonyl (C=O) groups excluding carboxylic acids is 1. The number of alkyl halides is 3. The van der Waals surface area contributed by atoms with Gasteiger partial charge in [0.15, 0.2) is 10.9 Å². The molecule has 26 heavy (non-hydrogen) atoms. The van der Waals surface area contributed by atoms with Gasteiger partial charge < -0.3 is 9.26 Å². The summed E-state index contributed by atoms with van der Waals surface area (Å²) in [4.78, 5) is 16.7. The van der Waals surface area contributed by atoms with Crippen molar-refractivity contribution in [3.63, 3.8) is 0 Å². The fourth-order valence-corrected chi connectivity index (χ4v) is 3.26. The Bertz CT molecular complexity index is 963. The van der Waals surface area contributed by atoms with Gasteiger partial charge in [0, 0.05) is 12.0 Å². The number of thiazole rings is 1. The Morgan fingerprint density at radius 2 is 2.08 bits per heavy atom. The smallest absolute Gasteiger partial charge is 0.406 e. The predicted molar refractivity (Wildman–Crippen MR) is 89.6 cm³/mol. The third-order valence-electron chi connectivity index (χ3n) is 3.45. The highest BCUT2D eigenvalue weighted by molar-refractivity contribution is 7.22. The summed E-state index contributed by atoms with van der Waals surface area (Å²) < 4.78 is 46.5. The summed E-state index contributed by atoms with van der Waals surface area (Å²) in [6.07, 6.45) is -4.77. The normalized spacial score (nSPS) is 12.0. The molecule has 0 bridgehead atoms. The van der Waals surface area contributed by atoms with Gasteiger partial charge in [0.05, 0.1) is 15.9 Å². The number of ether oxygens (including phenoxy) is 1. The van der Waals surface area contributed by atoms with Crippen molar-refractivity contribution in [2.45, 2.75) is 33.1 Å². The topological polar surface area (TPSA) is 77.3 Å². The molecular formula is C16H14F3N3O3S. The van der Waals surface area contributed by atoms with Crippen LogP contribution in [-0.2, 0) is 0 Å². The minimum absolute atomic E-state index is 0.0330. The molecule has 6 nitrogen and oxygen atoms in total. The molecule has 0 spiro atoms. The molecule has 1 amide bonds. The van der Waals surface area contributed by atoms with Crippen LogP contribution < -0.4 is 10.1 Å². The molecule has 0 aliphatic rings. The fourth-order valence-electron chi connectivity index (χ4n) is 2.37. The minimum atomic E-state index is -4.77. The Morgan fingerprint density at radius 3 is 2.73 bits per heavy atom. The number of aromatic nitrogens is 2. The standard InChI is InChI=1S/C16H14F3N3O3S/c1-7(2)13-12(8(3)22-25-13)14(23)21-15-20-10-5-4-9(6-11(10)26-15)24-16(17,18)19/h4-7H,1-3H3,(H,20,21,23). The van der Waals surface area contributed by atoms with Crippen molar-refractivity contribution >= 4 is 32.6 Å². The van der Waals surface area contributed by atoms with E-state index in [0.29, 0.717) is 27.2 Å². The zero-order chi connectivity index (χ0) is 19.1. The van der Waals surface area contributed by atoms with Crippen LogP contribution in [0.1, 0.15) is 41.6 Å². The van der Waals surface area contributed by atoms with E-state index >= 15 is 0 Å². The summed E-state index contributed by atoms with van der Waals surface area (Å²) in [6, 6.07) is 3.79. The molecule has 0 fully saturated rings. The highest BCUT2D eigenvalue weighted by Gasteiger charge is 2.31. The van der Waals surface area contributed by atoms with Crippen LogP contribution in [0, 0.1) is 6.92 Å². The first kappa shape index (κ1) is 18.2. The van der Waals surface area contributed by atoms with E-state index < -0.39 is 12.3 Å². The maximum absolute atomic E-state index is 12.5. The van der Waals surface area contributed by atoms with Gasteiger partial charge in [-0.15, -0.1) is 13.2 Å². The van der Waals surface area contributed by atoms with E-state index in [1.165, 1.54) is 18.2 Å². The molecule has 3 rings (SSSR count). The van der Waals surface area contributed by atoms with Crippen LogP contribution in [0.3, 0.4) is 0 Å². The Balaban J connectivity index is 1.85. The lowest BCUT2D eigenvalue weighted by atomic mass is 10.0. The number of anilines is 1. The number of fused-ring (bicyclic) bond motifs is 1. The van der Waals surface area contributed by atoms with Crippen LogP contribution in [0.25, 0.3) is 10.2 Å². The summed E-state index contributed by atoms with van der Waals surface area (Å²) >= 11 is 1.04. The number of carbonyl (C=O) groups is 1. The van der Waals surface area contributed by atoms with Gasteiger partial charge >= 0.3 is 6.36 Å². The number of hydrogen-bond acceptors (Lipinski definition) is 6. The van der Waals surface area contributed by atoms with E-state index in [1.54, 1.807) is 6.92 Å². The summed E-state index contributed by atoms with van der Waals surface area (Å²) in [6.45, 7) is 5.40. The summed E-state index contributed by atoms with van der Waals surface area (Å²) in [5.74, 6) is -0.349. The first-order valence-electron chi connectivity index (χ1n) is 7.58. The molecule has 0 aliphatic carbocycles. The Kier molecular flexibility index (Phi) is 4.61. The Morgan fingerprint density at radius 1 is 1.35 bits per heavy atom. The van der Waals surface area contributed by atoms with Crippen molar-refractivity contribution in [3.8, 4) is 5.75 Å². The molecule has 2 heterocycles. The molecule has 3 aromatic rings. The number of benzene rings is 1. The summed E-state index contributed by atoms with van der Waals surface area (Å²) in [7, 11) is 0. The molecule has 0 atom stereocenters. The van der Waals surface area contributed by atoms with Gasteiger partial charge in [-0.1, -0.05) is 30.3 Å². The molecule has 0 aliphatic heterocycles. The molecule has 1 N–H and O–H groups in total. The quantitative estimate of drug-likeness (QED) is 0.693. The molecule has 0 radical (unpaired) electrons. The zero-order valence-corrected chi connectivity index (χ0v) is 14.8. The van der Waals surface area contributed by atoms with Gasteiger partial charge in [-0.3, -0.25) is 10.1 Å². The summed E-state index contributed by atoms with van der Waals surface area (Å²) in [5, 5.41) is 6.71. The van der Waals surface area contributed by atoms with E-state index in [-0.39, 0.29) is 16.8 Å². The second-order valence-corrected chi connectivity index (χ2v) is 6.84. The van der Waals surface area contributed by atoms with Gasteiger partial charge in [0.2, 0.25) is 0 Å². The molecule has 138 valence electrons. The van der Waals surface area contributed by atoms with Gasteiger partial charge in [-0.25, -0.2) is 4.98 Å². The monoisotopic (exact) mass is 385 g/mol. The minimum Gasteiger partial charge on any atom is -0.406 e. The van der Waals surface area contributed by atoms with Crippen LogP contribution in [0.4, 0.5) is 18.3 Å². The highest BCUT2D eigenvalue weighted by atomic mass is 32.1. The number of nitrogens with zero attached hydrogens (tertiary/aromatic N) is 2. The van der Waals surface area contributed by atoms with E-state index in [4.69, 9.17) is 4.52 Å². The predicted octanol–water partition coefficient (Wildman–Crippen LogP) is 4.87. The van der Waals surface area contributed by atoms with Gasteiger partial charge in [0.25, 0.3) is 5.91 Å². The maximum Gasteiger partial charge on any atom is 0.573 e. The second kappa shape index (κ2) is 6.60. The number of aryl methyl sites for hydroxylation is 1. The average Bonchev–Trinajstić information content (AvgIpc) is 3.07. The van der Waals surface area contributed by atoms with Crippen LogP contribution >= 0.6 is 11.3 Å². The molecule has 0 saturated heterocycles. The second-order valence-electron chi connectivity index (χ2n) is 5.81. The molecule has 2 aromatic heterocycles. The van der Waals surface area contributed by atoms with Gasteiger partial charge in [-0.05, 0) is 19.1 Å². The number of rotatable bonds is 4. The molecule has 0 saturated carbocycles. The van der Waals surface area contributed by atoms with E-state index in [0.717, 1.165) is 11.3 Å². The highest BCUT2D eigenvalue weighted by Crippen LogP contribution is 2.32. The number of nitrogens with one attached hydrogen (secondary N) is 1. The van der Waals surface area contributed by atoms with Crippen LogP contribution in [0.2, 0.25) is 0 Å². The van der Waals surface area contributed by atoms with E-state index in [2.05, 4.69) is 20.2 Å². The third kappa shape index (κ3) is 3.79. The maximum atomic E-state index is 12.5. The van der Waals surface area contributed by atoms with E-state index in [1.807, 2.05) is 13.8 Å². The van der Waals surface area contributed by atoms with Gasteiger partial charge in [-0.2, -0.15) is 0 Å². The number of halogens is 3. The van der Waals surface area contributed by atoms with Crippen LogP contribution in [0.15, 0.2) is 22.7 Å². The largest absolute Gasteiger partial charge is 0.573 e. The fraction of sp³-hybridized carbons (Fsp3) is 0.312. The molecule has 0 unspecified atom stereocenters. The third-order valence-corrected chi connectivity index (χ3v) is 4.39. The zero-order valence-electron chi connectivity index (χ0n) is 14.0. The lowest BCUT2D eigenvalue weighted by molar-refractivity contribution is -0.274. The first-order chi connectivity index (χ1) is 12.1. The Labute approximate surface area is 150 Å².